The van der Waals surface area contributed by atoms with Crippen LogP contribution >= 0.6 is 11.8 Å². The van der Waals surface area contributed by atoms with Crippen LogP contribution in [0.3, 0.4) is 0 Å². The fourth-order valence-electron chi connectivity index (χ4n) is 7.39. The first-order valence-electron chi connectivity index (χ1n) is 11.1. The highest BCUT2D eigenvalue weighted by Gasteiger charge is 2.68. The van der Waals surface area contributed by atoms with E-state index >= 15 is 0 Å². The third-order valence-corrected chi connectivity index (χ3v) is 10.1. The third kappa shape index (κ3) is 2.61. The van der Waals surface area contributed by atoms with Crippen molar-refractivity contribution in [3.63, 3.8) is 0 Å². The number of ether oxygens (including phenoxy) is 1. The molecule has 0 amide bonds. The monoisotopic (exact) mass is 432 g/mol. The number of carbonyl (C=O) groups is 3. The molecule has 6 unspecified atom stereocenters. The Bertz CT molecular complexity index is 909. The quantitative estimate of drug-likeness (QED) is 0.443. The molecule has 0 aromatic heterocycles. The van der Waals surface area contributed by atoms with E-state index in [0.29, 0.717) is 12.8 Å². The van der Waals surface area contributed by atoms with Gasteiger partial charge in [-0.3, -0.25) is 9.59 Å². The molecule has 0 aromatic rings. The summed E-state index contributed by atoms with van der Waals surface area (Å²) in [4.78, 5) is 36.3. The summed E-state index contributed by atoms with van der Waals surface area (Å²) in [5.74, 6) is -0.110. The van der Waals surface area contributed by atoms with Gasteiger partial charge in [0.25, 0.3) is 0 Å². The molecule has 0 bridgehead atoms. The lowest BCUT2D eigenvalue weighted by molar-refractivity contribution is -0.161. The van der Waals surface area contributed by atoms with Gasteiger partial charge in [-0.05, 0) is 50.0 Å². The fraction of sp³-hybridized carbons (Fsp3) is 0.708. The molecule has 4 aliphatic carbocycles. The molecule has 6 heteroatoms. The first-order chi connectivity index (χ1) is 14.1. The second-order valence-electron chi connectivity index (χ2n) is 10.4. The molecule has 7 atom stereocenters. The predicted molar refractivity (Wildman–Crippen MR) is 112 cm³/mol. The van der Waals surface area contributed by atoms with Crippen molar-refractivity contribution in [3.8, 4) is 0 Å². The summed E-state index contributed by atoms with van der Waals surface area (Å²) < 4.78 is 20.0. The molecule has 0 N–H and O–H groups in total. The number of allylic oxidation sites excluding steroid dienone is 4. The molecular weight excluding hydrogens is 403 g/mol. The molecule has 1 saturated heterocycles. The molecule has 5 aliphatic rings. The van der Waals surface area contributed by atoms with Crippen molar-refractivity contribution in [1.29, 1.82) is 0 Å². The second kappa shape index (κ2) is 6.54. The zero-order chi connectivity index (χ0) is 21.5. The van der Waals surface area contributed by atoms with E-state index in [1.807, 2.05) is 6.08 Å². The van der Waals surface area contributed by atoms with Crippen LogP contribution in [0.4, 0.5) is 4.39 Å². The van der Waals surface area contributed by atoms with Gasteiger partial charge in [0, 0.05) is 35.8 Å². The van der Waals surface area contributed by atoms with E-state index in [1.165, 1.54) is 17.3 Å². The van der Waals surface area contributed by atoms with Crippen molar-refractivity contribution in [1.82, 2.24) is 0 Å². The first-order valence-corrected chi connectivity index (χ1v) is 12.0. The largest absolute Gasteiger partial charge is 0.456 e. The van der Waals surface area contributed by atoms with Crippen LogP contribution in [0, 0.1) is 22.7 Å². The molecule has 0 radical (unpaired) electrons. The van der Waals surface area contributed by atoms with Gasteiger partial charge in [-0.25, -0.2) is 9.18 Å². The number of halogens is 1. The minimum Gasteiger partial charge on any atom is -0.456 e. The van der Waals surface area contributed by atoms with Gasteiger partial charge in [0.15, 0.2) is 10.9 Å². The van der Waals surface area contributed by atoms with E-state index in [-0.39, 0.29) is 45.2 Å². The van der Waals surface area contributed by atoms with Gasteiger partial charge in [0.2, 0.25) is 6.17 Å². The predicted octanol–water partition coefficient (Wildman–Crippen LogP) is 4.72. The van der Waals surface area contributed by atoms with Crippen LogP contribution in [0.25, 0.3) is 0 Å². The number of thioether (sulfide) groups is 1. The average molecular weight is 433 g/mol. The van der Waals surface area contributed by atoms with Gasteiger partial charge in [-0.2, -0.15) is 0 Å². The number of ketones is 1. The van der Waals surface area contributed by atoms with Crippen molar-refractivity contribution in [2.24, 2.45) is 22.7 Å². The maximum atomic E-state index is 14.3. The minimum absolute atomic E-state index is 0.0667. The summed E-state index contributed by atoms with van der Waals surface area (Å²) in [5.41, 5.74) is 1.31. The third-order valence-electron chi connectivity index (χ3n) is 9.01. The highest BCUT2D eigenvalue weighted by molar-refractivity contribution is 8.14. The summed E-state index contributed by atoms with van der Waals surface area (Å²) in [7, 11) is 0. The van der Waals surface area contributed by atoms with Gasteiger partial charge < -0.3 is 4.74 Å². The van der Waals surface area contributed by atoms with Crippen LogP contribution in [0.1, 0.15) is 65.7 Å². The van der Waals surface area contributed by atoms with Gasteiger partial charge in [0.1, 0.15) is 5.60 Å². The number of hydrogen-bond donors (Lipinski definition) is 0. The Hall–Kier alpha value is -1.43. The average Bonchev–Trinajstić information content (AvgIpc) is 3.12. The number of hydrogen-bond acceptors (Lipinski definition) is 5. The first kappa shape index (κ1) is 20.5. The lowest BCUT2D eigenvalue weighted by Gasteiger charge is -2.56. The van der Waals surface area contributed by atoms with E-state index in [1.54, 1.807) is 6.92 Å². The Balaban J connectivity index is 1.60. The molecule has 1 aliphatic heterocycles. The number of alkyl halides is 1. The topological polar surface area (TPSA) is 60.4 Å². The normalized spacial score (nSPS) is 47.2. The van der Waals surface area contributed by atoms with E-state index < -0.39 is 17.7 Å². The Morgan fingerprint density at radius 1 is 1.27 bits per heavy atom. The van der Waals surface area contributed by atoms with Crippen molar-refractivity contribution in [3.05, 3.63) is 23.3 Å². The zero-order valence-electron chi connectivity index (χ0n) is 17.8. The molecule has 3 fully saturated rings. The smallest absolute Gasteiger partial charge is 0.341 e. The summed E-state index contributed by atoms with van der Waals surface area (Å²) >= 11 is 1.38. The Morgan fingerprint density at radius 3 is 2.70 bits per heavy atom. The zero-order valence-corrected chi connectivity index (χ0v) is 18.6. The summed E-state index contributed by atoms with van der Waals surface area (Å²) in [6.07, 6.45) is 7.16. The standard InChI is InChI=1S/C24H29FO4S/c1-13(26)30-19-11-14-10-15(27)4-7-22(14,2)16-5-8-23(3)17(20(16)19)6-9-24(23)12-18(25)21(28)29-24/h5,10,17-20H,4,6-9,11-12H2,1-3H3/t17?,18?,19?,20?,22?,23?,24-/m1/s1. The molecule has 1 spiro atoms. The number of rotatable bonds is 1. The molecule has 1 heterocycles. The highest BCUT2D eigenvalue weighted by atomic mass is 32.2. The molecule has 2 saturated carbocycles. The lowest BCUT2D eigenvalue weighted by atomic mass is 9.50. The van der Waals surface area contributed by atoms with Crippen molar-refractivity contribution >= 4 is 28.6 Å². The second-order valence-corrected chi connectivity index (χ2v) is 11.8. The van der Waals surface area contributed by atoms with E-state index in [2.05, 4.69) is 19.9 Å². The number of fused-ring (bicyclic) bond motifs is 6. The van der Waals surface area contributed by atoms with Crippen LogP contribution in [-0.4, -0.2) is 33.9 Å². The van der Waals surface area contributed by atoms with Gasteiger partial charge in [-0.15, -0.1) is 0 Å². The van der Waals surface area contributed by atoms with Gasteiger partial charge in [0.05, 0.1) is 0 Å². The maximum Gasteiger partial charge on any atom is 0.341 e. The Labute approximate surface area is 181 Å². The minimum atomic E-state index is -1.53. The fourth-order valence-corrected chi connectivity index (χ4v) is 8.56. The van der Waals surface area contributed by atoms with Crippen LogP contribution < -0.4 is 0 Å². The van der Waals surface area contributed by atoms with Crippen LogP contribution in [0.15, 0.2) is 23.3 Å². The number of esters is 1. The Morgan fingerprint density at radius 2 is 2.03 bits per heavy atom. The molecule has 4 nitrogen and oxygen atoms in total. The summed E-state index contributed by atoms with van der Waals surface area (Å²) in [6.45, 7) is 6.02. The molecule has 162 valence electrons. The number of carbonyl (C=O) groups excluding carboxylic acids is 3. The highest BCUT2D eigenvalue weighted by Crippen LogP contribution is 2.69. The van der Waals surface area contributed by atoms with Crippen LogP contribution in [0.2, 0.25) is 0 Å². The van der Waals surface area contributed by atoms with E-state index in [9.17, 15) is 18.8 Å². The van der Waals surface area contributed by atoms with Gasteiger partial charge >= 0.3 is 5.97 Å². The van der Waals surface area contributed by atoms with Crippen LogP contribution in [-0.2, 0) is 19.1 Å². The SMILES string of the molecule is CC(=O)SC1CC2=CC(=O)CCC2(C)C2=CCC3(C)C(CC[C@@]34CC(F)C(=O)O4)C21. The Kier molecular flexibility index (Phi) is 4.46. The van der Waals surface area contributed by atoms with Gasteiger partial charge in [-0.1, -0.05) is 42.8 Å². The van der Waals surface area contributed by atoms with Crippen molar-refractivity contribution in [2.45, 2.75) is 82.7 Å². The van der Waals surface area contributed by atoms with Crippen molar-refractivity contribution in [2.75, 3.05) is 0 Å². The molecule has 30 heavy (non-hydrogen) atoms. The van der Waals surface area contributed by atoms with Crippen molar-refractivity contribution < 1.29 is 23.5 Å². The summed E-state index contributed by atoms with van der Waals surface area (Å²) in [5, 5.41) is 0.152. The van der Waals surface area contributed by atoms with E-state index in [4.69, 9.17) is 4.74 Å². The lowest BCUT2D eigenvalue weighted by Crippen LogP contribution is -2.53. The molecule has 5 rings (SSSR count). The van der Waals surface area contributed by atoms with Crippen LogP contribution in [0.5, 0.6) is 0 Å². The maximum absolute atomic E-state index is 14.3. The molecular formula is C24H29FO4S. The summed E-state index contributed by atoms with van der Waals surface area (Å²) in [6, 6.07) is 0. The molecule has 0 aromatic carbocycles. The van der Waals surface area contributed by atoms with E-state index in [0.717, 1.165) is 31.3 Å².